The number of carbonyl (C=O) groups is 2. The van der Waals surface area contributed by atoms with Gasteiger partial charge in [-0.2, -0.15) is 0 Å². The van der Waals surface area contributed by atoms with Gasteiger partial charge in [0, 0.05) is 10.7 Å². The summed E-state index contributed by atoms with van der Waals surface area (Å²) < 4.78 is 5.13. The van der Waals surface area contributed by atoms with Crippen LogP contribution in [0, 0.1) is 6.92 Å². The van der Waals surface area contributed by atoms with Crippen molar-refractivity contribution in [3.05, 3.63) is 58.1 Å². The van der Waals surface area contributed by atoms with Gasteiger partial charge < -0.3 is 20.0 Å². The zero-order valence-corrected chi connectivity index (χ0v) is 15.0. The van der Waals surface area contributed by atoms with E-state index in [0.717, 1.165) is 5.56 Å². The van der Waals surface area contributed by atoms with Gasteiger partial charge in [-0.15, -0.1) is 0 Å². The highest BCUT2D eigenvalue weighted by Gasteiger charge is 2.15. The van der Waals surface area contributed by atoms with E-state index in [9.17, 15) is 14.7 Å². The molecule has 0 saturated carbocycles. The molecule has 0 radical (unpaired) electrons. The Morgan fingerprint density at radius 1 is 1.20 bits per heavy atom. The van der Waals surface area contributed by atoms with E-state index in [4.69, 9.17) is 28.6 Å². The van der Waals surface area contributed by atoms with Crippen molar-refractivity contribution in [3.63, 3.8) is 0 Å². The number of thiocarbonyl (C=S) groups is 1. The van der Waals surface area contributed by atoms with Crippen LogP contribution >= 0.6 is 23.8 Å². The summed E-state index contributed by atoms with van der Waals surface area (Å²) in [6.45, 7) is 1.77. The minimum absolute atomic E-state index is 0.00117. The summed E-state index contributed by atoms with van der Waals surface area (Å²) in [7, 11) is 1.44. The zero-order valence-electron chi connectivity index (χ0n) is 13.4. The fourth-order valence-electron chi connectivity index (χ4n) is 2.07. The number of amides is 1. The molecular formula is C17H14ClN2O4S-. The number of carboxylic acid groups (broad SMARTS) is 1. The Balaban J connectivity index is 2.15. The SMILES string of the molecule is COc1ccc(Cl)cc1C(=O)NC(=S)Nc1cc(C(=O)[O-])ccc1C. The standard InChI is InChI=1S/C17H15ClN2O4S/c1-9-3-4-10(16(22)23)7-13(9)19-17(25)20-15(21)12-8-11(18)5-6-14(12)24-2/h3-8H,1-2H3,(H,22,23)(H2,19,20,21,25)/p-1. The maximum atomic E-state index is 12.4. The lowest BCUT2D eigenvalue weighted by Gasteiger charge is -2.14. The Labute approximate surface area is 154 Å². The van der Waals surface area contributed by atoms with E-state index >= 15 is 0 Å². The first-order valence-electron chi connectivity index (χ1n) is 7.09. The highest BCUT2D eigenvalue weighted by molar-refractivity contribution is 7.80. The predicted octanol–water partition coefficient (Wildman–Crippen LogP) is 2.15. The summed E-state index contributed by atoms with van der Waals surface area (Å²) in [5.41, 5.74) is 1.42. The van der Waals surface area contributed by atoms with Gasteiger partial charge in [0.05, 0.1) is 18.6 Å². The average Bonchev–Trinajstić information content (AvgIpc) is 2.56. The summed E-state index contributed by atoms with van der Waals surface area (Å²) in [5, 5.41) is 16.6. The quantitative estimate of drug-likeness (QED) is 0.793. The molecule has 0 aliphatic heterocycles. The normalized spacial score (nSPS) is 10.0. The summed E-state index contributed by atoms with van der Waals surface area (Å²) in [6, 6.07) is 9.04. The van der Waals surface area contributed by atoms with Crippen LogP contribution in [-0.4, -0.2) is 24.1 Å². The molecule has 25 heavy (non-hydrogen) atoms. The summed E-state index contributed by atoms with van der Waals surface area (Å²) in [4.78, 5) is 23.3. The lowest BCUT2D eigenvalue weighted by molar-refractivity contribution is -0.255. The second kappa shape index (κ2) is 7.96. The molecular weight excluding hydrogens is 364 g/mol. The van der Waals surface area contributed by atoms with Crippen LogP contribution in [-0.2, 0) is 0 Å². The smallest absolute Gasteiger partial charge is 0.261 e. The molecule has 0 bridgehead atoms. The number of halogens is 1. The molecule has 1 amide bonds. The minimum Gasteiger partial charge on any atom is -0.545 e. The number of carboxylic acids is 1. The Morgan fingerprint density at radius 3 is 2.56 bits per heavy atom. The first-order chi connectivity index (χ1) is 11.8. The maximum Gasteiger partial charge on any atom is 0.261 e. The Kier molecular flexibility index (Phi) is 5.95. The number of ether oxygens (including phenoxy) is 1. The molecule has 0 heterocycles. The van der Waals surface area contributed by atoms with Gasteiger partial charge in [0.15, 0.2) is 5.11 Å². The van der Waals surface area contributed by atoms with Crippen LogP contribution < -0.4 is 20.5 Å². The van der Waals surface area contributed by atoms with Crippen molar-refractivity contribution in [1.82, 2.24) is 5.32 Å². The van der Waals surface area contributed by atoms with E-state index in [2.05, 4.69) is 10.6 Å². The molecule has 0 atom stereocenters. The molecule has 2 rings (SSSR count). The number of benzene rings is 2. The van der Waals surface area contributed by atoms with Crippen molar-refractivity contribution in [2.24, 2.45) is 0 Å². The first kappa shape index (κ1) is 18.7. The fourth-order valence-corrected chi connectivity index (χ4v) is 2.44. The van der Waals surface area contributed by atoms with E-state index in [1.165, 1.54) is 25.3 Å². The van der Waals surface area contributed by atoms with Crippen LogP contribution in [0.15, 0.2) is 36.4 Å². The van der Waals surface area contributed by atoms with Gasteiger partial charge in [-0.3, -0.25) is 10.1 Å². The molecule has 2 aromatic carbocycles. The maximum absolute atomic E-state index is 12.4. The van der Waals surface area contributed by atoms with Gasteiger partial charge in [-0.25, -0.2) is 0 Å². The van der Waals surface area contributed by atoms with E-state index < -0.39 is 11.9 Å². The third-order valence-electron chi connectivity index (χ3n) is 3.35. The van der Waals surface area contributed by atoms with Crippen molar-refractivity contribution in [3.8, 4) is 5.75 Å². The molecule has 0 saturated heterocycles. The monoisotopic (exact) mass is 377 g/mol. The molecule has 0 fully saturated rings. The van der Waals surface area contributed by atoms with Gasteiger partial charge in [0.1, 0.15) is 5.75 Å². The molecule has 0 spiro atoms. The molecule has 0 aromatic heterocycles. The molecule has 130 valence electrons. The van der Waals surface area contributed by atoms with Crippen LogP contribution in [0.1, 0.15) is 26.3 Å². The van der Waals surface area contributed by atoms with E-state index in [-0.39, 0.29) is 16.2 Å². The highest BCUT2D eigenvalue weighted by atomic mass is 35.5. The largest absolute Gasteiger partial charge is 0.545 e. The van der Waals surface area contributed by atoms with Gasteiger partial charge in [-0.05, 0) is 54.5 Å². The Hall–Kier alpha value is -2.64. The predicted molar refractivity (Wildman–Crippen MR) is 97.2 cm³/mol. The highest BCUT2D eigenvalue weighted by Crippen LogP contribution is 2.22. The molecule has 6 nitrogen and oxygen atoms in total. The molecule has 0 unspecified atom stereocenters. The molecule has 0 aliphatic carbocycles. The van der Waals surface area contributed by atoms with Crippen molar-refractivity contribution >= 4 is 46.5 Å². The molecule has 2 N–H and O–H groups in total. The molecule has 8 heteroatoms. The van der Waals surface area contributed by atoms with Crippen LogP contribution in [0.25, 0.3) is 0 Å². The van der Waals surface area contributed by atoms with E-state index in [1.54, 1.807) is 25.1 Å². The van der Waals surface area contributed by atoms with Crippen LogP contribution in [0.4, 0.5) is 5.69 Å². The molecule has 0 aliphatic rings. The topological polar surface area (TPSA) is 90.5 Å². The lowest BCUT2D eigenvalue weighted by atomic mass is 10.1. The number of carbonyl (C=O) groups excluding carboxylic acids is 2. The number of aryl methyl sites for hydroxylation is 1. The van der Waals surface area contributed by atoms with Gasteiger partial charge in [0.25, 0.3) is 5.91 Å². The number of anilines is 1. The zero-order chi connectivity index (χ0) is 18.6. The number of hydrogen-bond donors (Lipinski definition) is 2. The van der Waals surface area contributed by atoms with Crippen molar-refractivity contribution in [1.29, 1.82) is 0 Å². The van der Waals surface area contributed by atoms with Gasteiger partial charge in [-0.1, -0.05) is 23.7 Å². The number of methoxy groups -OCH3 is 1. The average molecular weight is 378 g/mol. The second-order valence-electron chi connectivity index (χ2n) is 5.07. The van der Waals surface area contributed by atoms with Crippen molar-refractivity contribution < 1.29 is 19.4 Å². The van der Waals surface area contributed by atoms with Gasteiger partial charge in [0.2, 0.25) is 0 Å². The second-order valence-corrected chi connectivity index (χ2v) is 5.91. The van der Waals surface area contributed by atoms with Crippen molar-refractivity contribution in [2.45, 2.75) is 6.92 Å². The third-order valence-corrected chi connectivity index (χ3v) is 3.79. The Morgan fingerprint density at radius 2 is 1.92 bits per heavy atom. The number of nitrogens with one attached hydrogen (secondary N) is 2. The fraction of sp³-hybridized carbons (Fsp3) is 0.118. The van der Waals surface area contributed by atoms with E-state index in [0.29, 0.717) is 16.5 Å². The summed E-state index contributed by atoms with van der Waals surface area (Å²) in [6.07, 6.45) is 0. The number of aromatic carboxylic acids is 1. The summed E-state index contributed by atoms with van der Waals surface area (Å²) in [5.74, 6) is -1.47. The number of rotatable bonds is 4. The summed E-state index contributed by atoms with van der Waals surface area (Å²) >= 11 is 11.0. The van der Waals surface area contributed by atoms with E-state index in [1.807, 2.05) is 0 Å². The molecule has 2 aromatic rings. The first-order valence-corrected chi connectivity index (χ1v) is 7.88. The number of hydrogen-bond acceptors (Lipinski definition) is 5. The lowest BCUT2D eigenvalue weighted by Crippen LogP contribution is -2.34. The Bertz CT molecular complexity index is 855. The van der Waals surface area contributed by atoms with Gasteiger partial charge >= 0.3 is 0 Å². The van der Waals surface area contributed by atoms with Crippen molar-refractivity contribution in [2.75, 3.05) is 12.4 Å². The van der Waals surface area contributed by atoms with Crippen LogP contribution in [0.2, 0.25) is 5.02 Å². The minimum atomic E-state index is -1.30. The third kappa shape index (κ3) is 4.68. The van der Waals surface area contributed by atoms with Crippen LogP contribution in [0.5, 0.6) is 5.75 Å². The van der Waals surface area contributed by atoms with Crippen LogP contribution in [0.3, 0.4) is 0 Å².